The molecule has 132 valence electrons. The van der Waals surface area contributed by atoms with E-state index in [1.165, 1.54) is 5.56 Å². The average molecular weight is 365 g/mol. The van der Waals surface area contributed by atoms with Gasteiger partial charge in [0.1, 0.15) is 6.17 Å². The number of hydrogen-bond donors (Lipinski definition) is 2. The predicted molar refractivity (Wildman–Crippen MR) is 108 cm³/mol. The molecular weight excluding hydrogens is 344 g/mol. The van der Waals surface area contributed by atoms with Gasteiger partial charge in [-0.2, -0.15) is 0 Å². The minimum atomic E-state index is -0.404. The fourth-order valence-electron chi connectivity index (χ4n) is 3.52. The minimum Gasteiger partial charge on any atom is -0.334 e. The van der Waals surface area contributed by atoms with Gasteiger partial charge in [0.15, 0.2) is 6.29 Å². The van der Waals surface area contributed by atoms with Crippen molar-refractivity contribution in [2.45, 2.75) is 19.0 Å². The summed E-state index contributed by atoms with van der Waals surface area (Å²) < 4.78 is 0. The van der Waals surface area contributed by atoms with Crippen LogP contribution in [0, 0.1) is 0 Å². The lowest BCUT2D eigenvalue weighted by molar-refractivity contribution is 0.477. The van der Waals surface area contributed by atoms with E-state index in [4.69, 9.17) is 23.1 Å². The van der Waals surface area contributed by atoms with Gasteiger partial charge in [0.2, 0.25) is 0 Å². The van der Waals surface area contributed by atoms with Crippen LogP contribution in [-0.2, 0) is 6.54 Å². The number of para-hydroxylation sites is 1. The van der Waals surface area contributed by atoms with E-state index in [2.05, 4.69) is 29.2 Å². The smallest absolute Gasteiger partial charge is 0.157 e. The quantitative estimate of drug-likeness (QED) is 0.735. The number of hydrogen-bond acceptors (Lipinski definition) is 4. The highest BCUT2D eigenvalue weighted by molar-refractivity contribution is 6.30. The fraction of sp³-hybridized carbons (Fsp3) is 0.143. The number of nitrogens with zero attached hydrogens (tertiary/aromatic N) is 2. The van der Waals surface area contributed by atoms with Crippen molar-refractivity contribution in [3.63, 3.8) is 0 Å². The molecule has 1 heterocycles. The molecule has 2 unspecified atom stereocenters. The summed E-state index contributed by atoms with van der Waals surface area (Å²) in [6.45, 7) is 0.697. The van der Waals surface area contributed by atoms with E-state index in [1.54, 1.807) is 0 Å². The van der Waals surface area contributed by atoms with Crippen LogP contribution in [0.1, 0.15) is 17.3 Å². The third-order valence-electron chi connectivity index (χ3n) is 4.77. The van der Waals surface area contributed by atoms with Crippen LogP contribution in [0.2, 0.25) is 5.02 Å². The normalized spacial score (nSPS) is 19.3. The lowest BCUT2D eigenvalue weighted by Gasteiger charge is -2.48. The Morgan fingerprint density at radius 3 is 2.35 bits per heavy atom. The molecule has 0 saturated heterocycles. The molecular formula is C21H21ClN4. The van der Waals surface area contributed by atoms with Crippen molar-refractivity contribution in [2.75, 3.05) is 9.80 Å². The molecule has 0 bridgehead atoms. The van der Waals surface area contributed by atoms with E-state index in [1.807, 2.05) is 59.5 Å². The van der Waals surface area contributed by atoms with E-state index < -0.39 is 6.29 Å². The van der Waals surface area contributed by atoms with Gasteiger partial charge in [-0.3, -0.25) is 5.73 Å². The van der Waals surface area contributed by atoms with Gasteiger partial charge in [0, 0.05) is 28.5 Å². The lowest BCUT2D eigenvalue weighted by atomic mass is 10.0. The molecule has 0 fully saturated rings. The molecule has 0 radical (unpaired) electrons. The van der Waals surface area contributed by atoms with E-state index in [9.17, 15) is 0 Å². The zero-order chi connectivity index (χ0) is 18.1. The Morgan fingerprint density at radius 1 is 0.846 bits per heavy atom. The first-order valence-electron chi connectivity index (χ1n) is 8.60. The molecule has 2 atom stereocenters. The summed E-state index contributed by atoms with van der Waals surface area (Å²) in [6, 6.07) is 26.1. The van der Waals surface area contributed by atoms with Gasteiger partial charge in [0.05, 0.1) is 0 Å². The summed E-state index contributed by atoms with van der Waals surface area (Å²) in [4.78, 5) is 4.19. The zero-order valence-corrected chi connectivity index (χ0v) is 15.1. The summed E-state index contributed by atoms with van der Waals surface area (Å²) in [6.07, 6.45) is -0.745. The number of benzene rings is 3. The van der Waals surface area contributed by atoms with Gasteiger partial charge in [-0.25, -0.2) is 0 Å². The maximum absolute atomic E-state index is 6.69. The number of nitrogens with two attached hydrogens (primary N) is 2. The Bertz CT molecular complexity index is 899. The highest BCUT2D eigenvalue weighted by atomic mass is 35.5. The Hall–Kier alpha value is -2.53. The molecule has 3 aromatic rings. The average Bonchev–Trinajstić information content (AvgIpc) is 2.66. The molecule has 3 aromatic carbocycles. The van der Waals surface area contributed by atoms with Crippen LogP contribution in [0.5, 0.6) is 0 Å². The molecule has 0 saturated carbocycles. The van der Waals surface area contributed by atoms with Gasteiger partial charge < -0.3 is 15.5 Å². The largest absolute Gasteiger partial charge is 0.334 e. The van der Waals surface area contributed by atoms with Crippen molar-refractivity contribution in [3.05, 3.63) is 95.0 Å². The molecule has 26 heavy (non-hydrogen) atoms. The summed E-state index contributed by atoms with van der Waals surface area (Å²) in [5, 5.41) is 0.662. The van der Waals surface area contributed by atoms with E-state index in [0.29, 0.717) is 11.6 Å². The summed E-state index contributed by atoms with van der Waals surface area (Å²) in [5.41, 5.74) is 17.5. The van der Waals surface area contributed by atoms with Crippen LogP contribution in [0.4, 0.5) is 11.4 Å². The van der Waals surface area contributed by atoms with Crippen molar-refractivity contribution in [1.29, 1.82) is 0 Å². The number of halogens is 1. The van der Waals surface area contributed by atoms with Crippen LogP contribution in [0.15, 0.2) is 78.9 Å². The van der Waals surface area contributed by atoms with Crippen molar-refractivity contribution >= 4 is 23.0 Å². The maximum Gasteiger partial charge on any atom is 0.157 e. The third kappa shape index (κ3) is 3.03. The first-order chi connectivity index (χ1) is 12.6. The second kappa shape index (κ2) is 7.00. The first kappa shape index (κ1) is 16.9. The highest BCUT2D eigenvalue weighted by Crippen LogP contribution is 2.38. The third-order valence-corrected chi connectivity index (χ3v) is 5.01. The molecule has 0 spiro atoms. The predicted octanol–water partition coefficient (Wildman–Crippen LogP) is 4.07. The second-order valence-corrected chi connectivity index (χ2v) is 6.85. The fourth-order valence-corrected chi connectivity index (χ4v) is 3.70. The zero-order valence-electron chi connectivity index (χ0n) is 14.3. The van der Waals surface area contributed by atoms with Crippen molar-refractivity contribution in [1.82, 2.24) is 0 Å². The monoisotopic (exact) mass is 364 g/mol. The van der Waals surface area contributed by atoms with Crippen LogP contribution < -0.4 is 21.3 Å². The Labute approximate surface area is 158 Å². The Morgan fingerprint density at radius 2 is 1.58 bits per heavy atom. The summed E-state index contributed by atoms with van der Waals surface area (Å²) >= 11 is 6.20. The van der Waals surface area contributed by atoms with Gasteiger partial charge in [-0.15, -0.1) is 0 Å². The van der Waals surface area contributed by atoms with Gasteiger partial charge >= 0.3 is 0 Å². The van der Waals surface area contributed by atoms with Crippen molar-refractivity contribution in [3.8, 4) is 0 Å². The molecule has 0 amide bonds. The Kier molecular flexibility index (Phi) is 4.55. The van der Waals surface area contributed by atoms with Crippen LogP contribution in [-0.4, -0.2) is 6.29 Å². The van der Waals surface area contributed by atoms with E-state index in [-0.39, 0.29) is 6.17 Å². The minimum absolute atomic E-state index is 0.341. The summed E-state index contributed by atoms with van der Waals surface area (Å²) in [7, 11) is 0. The standard InChI is InChI=1S/C21H21ClN4/c22-16-9-6-10-17(13-16)26-20(23)18-11-4-5-12-19(18)25(21(26)24)14-15-7-2-1-3-8-15/h1-13,20-21H,14,23-24H2. The van der Waals surface area contributed by atoms with Crippen LogP contribution in [0.3, 0.4) is 0 Å². The van der Waals surface area contributed by atoms with Crippen LogP contribution >= 0.6 is 11.6 Å². The van der Waals surface area contributed by atoms with Gasteiger partial charge in [-0.1, -0.05) is 66.2 Å². The number of rotatable bonds is 3. The SMILES string of the molecule is NC1c2ccccc2N(Cc2ccccc2)C(N)N1c1cccc(Cl)c1. The van der Waals surface area contributed by atoms with Crippen LogP contribution in [0.25, 0.3) is 0 Å². The van der Waals surface area contributed by atoms with Crippen molar-refractivity contribution < 1.29 is 0 Å². The molecule has 0 aromatic heterocycles. The molecule has 0 aliphatic carbocycles. The molecule has 1 aliphatic rings. The lowest BCUT2D eigenvalue weighted by Crippen LogP contribution is -2.60. The molecule has 1 aliphatic heterocycles. The highest BCUT2D eigenvalue weighted by Gasteiger charge is 2.35. The van der Waals surface area contributed by atoms with E-state index >= 15 is 0 Å². The Balaban J connectivity index is 1.79. The number of fused-ring (bicyclic) bond motifs is 1. The second-order valence-electron chi connectivity index (χ2n) is 6.42. The summed E-state index contributed by atoms with van der Waals surface area (Å²) in [5.74, 6) is 0. The molecule has 4 N–H and O–H groups in total. The van der Waals surface area contributed by atoms with Crippen molar-refractivity contribution in [2.24, 2.45) is 11.5 Å². The molecule has 4 nitrogen and oxygen atoms in total. The maximum atomic E-state index is 6.69. The molecule has 5 heteroatoms. The topological polar surface area (TPSA) is 58.5 Å². The molecule has 4 rings (SSSR count). The van der Waals surface area contributed by atoms with Gasteiger partial charge in [0.25, 0.3) is 0 Å². The van der Waals surface area contributed by atoms with Gasteiger partial charge in [-0.05, 0) is 29.8 Å². The van der Waals surface area contributed by atoms with E-state index in [0.717, 1.165) is 16.9 Å². The first-order valence-corrected chi connectivity index (χ1v) is 8.97. The number of anilines is 2.